The van der Waals surface area contributed by atoms with Crippen molar-refractivity contribution in [3.8, 4) is 11.3 Å². The highest BCUT2D eigenvalue weighted by molar-refractivity contribution is 7.90. The molecule has 2 radical (unpaired) electrons. The molecular formula is C22H21BN4O2S2. The number of fused-ring (bicyclic) bond motifs is 1. The summed E-state index contributed by atoms with van der Waals surface area (Å²) in [5, 5.41) is 3.79. The van der Waals surface area contributed by atoms with Crippen molar-refractivity contribution in [2.75, 3.05) is 20.1 Å². The molecule has 1 saturated heterocycles. The van der Waals surface area contributed by atoms with E-state index in [1.807, 2.05) is 5.38 Å². The number of pyridine rings is 1. The van der Waals surface area contributed by atoms with Gasteiger partial charge in [0.25, 0.3) is 10.0 Å². The van der Waals surface area contributed by atoms with Crippen molar-refractivity contribution in [1.29, 1.82) is 0 Å². The van der Waals surface area contributed by atoms with E-state index in [1.54, 1.807) is 53.9 Å². The van der Waals surface area contributed by atoms with Gasteiger partial charge in [-0.1, -0.05) is 29.7 Å². The zero-order valence-corrected chi connectivity index (χ0v) is 18.7. The number of nitrogens with zero attached hydrogens (tertiary/aromatic N) is 4. The number of rotatable bonds is 4. The maximum absolute atomic E-state index is 13.3. The van der Waals surface area contributed by atoms with Crippen molar-refractivity contribution in [3.63, 3.8) is 0 Å². The van der Waals surface area contributed by atoms with Gasteiger partial charge in [-0.3, -0.25) is 0 Å². The summed E-state index contributed by atoms with van der Waals surface area (Å²) in [6.45, 7) is 2.13. The van der Waals surface area contributed by atoms with E-state index in [1.165, 1.54) is 10.2 Å². The molecule has 9 heteroatoms. The molecule has 1 aliphatic heterocycles. The molecule has 0 unspecified atom stereocenters. The average molecular weight is 448 g/mol. The molecule has 0 saturated carbocycles. The van der Waals surface area contributed by atoms with E-state index in [9.17, 15) is 8.42 Å². The Labute approximate surface area is 187 Å². The van der Waals surface area contributed by atoms with E-state index in [0.717, 1.165) is 42.2 Å². The van der Waals surface area contributed by atoms with Crippen LogP contribution in [-0.2, 0) is 10.0 Å². The summed E-state index contributed by atoms with van der Waals surface area (Å²) >= 11 is 1.64. The smallest absolute Gasteiger partial charge is 0.269 e. The highest BCUT2D eigenvalue weighted by Gasteiger charge is 2.25. The number of hydrogen-bond donors (Lipinski definition) is 0. The van der Waals surface area contributed by atoms with Gasteiger partial charge in [0.15, 0.2) is 5.65 Å². The molecule has 0 N–H and O–H groups in total. The Bertz CT molecular complexity index is 1340. The van der Waals surface area contributed by atoms with Crippen LogP contribution >= 0.6 is 11.3 Å². The fourth-order valence-electron chi connectivity index (χ4n) is 4.04. The fraction of sp³-hybridized carbons (Fsp3) is 0.273. The predicted molar refractivity (Wildman–Crippen MR) is 125 cm³/mol. The normalized spacial score (nSPS) is 16.2. The van der Waals surface area contributed by atoms with E-state index < -0.39 is 10.0 Å². The summed E-state index contributed by atoms with van der Waals surface area (Å²) in [6.07, 6.45) is 5.27. The van der Waals surface area contributed by atoms with E-state index in [0.29, 0.717) is 22.4 Å². The van der Waals surface area contributed by atoms with Gasteiger partial charge in [-0.2, -0.15) is 0 Å². The third-order valence-electron chi connectivity index (χ3n) is 5.80. The van der Waals surface area contributed by atoms with Crippen molar-refractivity contribution in [1.82, 2.24) is 18.8 Å². The number of thiazole rings is 1. The Morgan fingerprint density at radius 3 is 2.65 bits per heavy atom. The summed E-state index contributed by atoms with van der Waals surface area (Å²) in [5.74, 6) is 0.444. The second-order valence-corrected chi connectivity index (χ2v) is 10.6. The van der Waals surface area contributed by atoms with Crippen LogP contribution in [0.15, 0.2) is 59.1 Å². The molecule has 4 heterocycles. The topological polar surface area (TPSA) is 68.1 Å². The first-order valence-corrected chi connectivity index (χ1v) is 12.5. The molecule has 4 aromatic rings. The Kier molecular flexibility index (Phi) is 5.20. The second kappa shape index (κ2) is 7.89. The summed E-state index contributed by atoms with van der Waals surface area (Å²) < 4.78 is 27.9. The maximum atomic E-state index is 13.3. The predicted octanol–water partition coefficient (Wildman–Crippen LogP) is 3.00. The molecule has 1 aromatic carbocycles. The van der Waals surface area contributed by atoms with Gasteiger partial charge >= 0.3 is 0 Å². The Balaban J connectivity index is 1.62. The molecule has 1 aliphatic rings. The Morgan fingerprint density at radius 2 is 1.90 bits per heavy atom. The summed E-state index contributed by atoms with van der Waals surface area (Å²) in [4.78, 5) is 11.8. The van der Waals surface area contributed by atoms with E-state index in [-0.39, 0.29) is 4.90 Å². The van der Waals surface area contributed by atoms with Crippen molar-refractivity contribution in [2.45, 2.75) is 23.7 Å². The first-order valence-electron chi connectivity index (χ1n) is 10.1. The average Bonchev–Trinajstić information content (AvgIpc) is 3.40. The molecule has 6 nitrogen and oxygen atoms in total. The molecule has 0 amide bonds. The lowest BCUT2D eigenvalue weighted by Crippen LogP contribution is -2.29. The lowest BCUT2D eigenvalue weighted by Gasteiger charge is -2.27. The fourth-order valence-corrected chi connectivity index (χ4v) is 6.38. The molecule has 0 aliphatic carbocycles. The van der Waals surface area contributed by atoms with Crippen LogP contribution in [-0.4, -0.2) is 55.2 Å². The lowest BCUT2D eigenvalue weighted by atomic mass is 9.97. The first kappa shape index (κ1) is 20.4. The summed E-state index contributed by atoms with van der Waals surface area (Å²) in [6, 6.07) is 10.1. The van der Waals surface area contributed by atoms with Crippen LogP contribution < -0.4 is 5.46 Å². The van der Waals surface area contributed by atoms with Crippen LogP contribution in [0.3, 0.4) is 0 Å². The van der Waals surface area contributed by atoms with Crippen LogP contribution in [0, 0.1) is 0 Å². The number of benzene rings is 1. The first-order chi connectivity index (χ1) is 14.9. The van der Waals surface area contributed by atoms with E-state index in [2.05, 4.69) is 16.9 Å². The van der Waals surface area contributed by atoms with E-state index in [4.69, 9.17) is 12.8 Å². The second-order valence-electron chi connectivity index (χ2n) is 7.95. The molecule has 3 aromatic heterocycles. The minimum atomic E-state index is -3.80. The highest BCUT2D eigenvalue weighted by Crippen LogP contribution is 2.36. The van der Waals surface area contributed by atoms with E-state index >= 15 is 0 Å². The Hall–Kier alpha value is -2.49. The van der Waals surface area contributed by atoms with Crippen LogP contribution in [0.4, 0.5) is 0 Å². The number of piperidine rings is 1. The molecule has 156 valence electrons. The van der Waals surface area contributed by atoms with Crippen LogP contribution in [0.5, 0.6) is 0 Å². The van der Waals surface area contributed by atoms with Gasteiger partial charge in [0.2, 0.25) is 0 Å². The molecular weight excluding hydrogens is 427 g/mol. The number of likely N-dealkylation sites (tertiary alicyclic amines) is 1. The van der Waals surface area contributed by atoms with Gasteiger partial charge in [-0.15, -0.1) is 11.3 Å². The van der Waals surface area contributed by atoms with Gasteiger partial charge in [-0.05, 0) is 45.1 Å². The largest absolute Gasteiger partial charge is 0.306 e. The van der Waals surface area contributed by atoms with Crippen molar-refractivity contribution < 1.29 is 8.42 Å². The molecule has 31 heavy (non-hydrogen) atoms. The maximum Gasteiger partial charge on any atom is 0.269 e. The molecule has 0 bridgehead atoms. The standard InChI is InChI=1S/C22H21BN4O2S2/c1-26-9-7-15(8-10-26)22-25-20(14-30-22)19-13-27(21-18(19)11-16(23)12-24-21)31(28,29)17-5-3-2-4-6-17/h2-6,11-15H,7-10H2,1H3. The molecule has 0 atom stereocenters. The van der Waals surface area contributed by atoms with Crippen molar-refractivity contribution in [2.24, 2.45) is 0 Å². The lowest BCUT2D eigenvalue weighted by molar-refractivity contribution is 0.255. The van der Waals surface area contributed by atoms with Gasteiger partial charge in [-0.25, -0.2) is 22.4 Å². The van der Waals surface area contributed by atoms with Gasteiger partial charge in [0, 0.05) is 34.6 Å². The molecule has 0 spiro atoms. The molecule has 1 fully saturated rings. The summed E-state index contributed by atoms with van der Waals surface area (Å²) in [7, 11) is 4.33. The number of aromatic nitrogens is 3. The molecule has 5 rings (SSSR count). The minimum absolute atomic E-state index is 0.211. The van der Waals surface area contributed by atoms with Crippen molar-refractivity contribution in [3.05, 3.63) is 59.2 Å². The Morgan fingerprint density at radius 1 is 1.16 bits per heavy atom. The quantitative estimate of drug-likeness (QED) is 0.449. The van der Waals surface area contributed by atoms with Gasteiger partial charge in [0.1, 0.15) is 7.85 Å². The van der Waals surface area contributed by atoms with Gasteiger partial charge < -0.3 is 4.90 Å². The SMILES string of the molecule is [B]c1cnc2c(c1)c(-c1csc(C3CCN(C)CC3)n1)cn2S(=O)(=O)c1ccccc1. The summed E-state index contributed by atoms with van der Waals surface area (Å²) in [5.41, 5.74) is 2.32. The van der Waals surface area contributed by atoms with Crippen LogP contribution in [0.25, 0.3) is 22.3 Å². The zero-order valence-electron chi connectivity index (χ0n) is 17.1. The third kappa shape index (κ3) is 3.71. The minimum Gasteiger partial charge on any atom is -0.306 e. The zero-order chi connectivity index (χ0) is 21.6. The van der Waals surface area contributed by atoms with Crippen LogP contribution in [0.2, 0.25) is 0 Å². The monoisotopic (exact) mass is 448 g/mol. The van der Waals surface area contributed by atoms with Gasteiger partial charge in [0.05, 0.1) is 15.6 Å². The van der Waals surface area contributed by atoms with Crippen LogP contribution in [0.1, 0.15) is 23.8 Å². The van der Waals surface area contributed by atoms with Crippen molar-refractivity contribution >= 4 is 45.7 Å². The number of hydrogen-bond acceptors (Lipinski definition) is 6. The third-order valence-corrected chi connectivity index (χ3v) is 8.47. The highest BCUT2D eigenvalue weighted by atomic mass is 32.2.